The Morgan fingerprint density at radius 1 is 1.11 bits per heavy atom. The van der Waals surface area contributed by atoms with Crippen LogP contribution in [0.3, 0.4) is 0 Å². The smallest absolute Gasteiger partial charge is 0.119 e. The average Bonchev–Trinajstić information content (AvgIpc) is 2.36. The summed E-state index contributed by atoms with van der Waals surface area (Å²) >= 11 is 0. The highest BCUT2D eigenvalue weighted by molar-refractivity contribution is 5.38. The number of aromatic hydroxyl groups is 2. The molecule has 1 aromatic rings. The first-order chi connectivity index (χ1) is 8.70. The Labute approximate surface area is 107 Å². The van der Waals surface area contributed by atoms with Crippen molar-refractivity contribution in [1.29, 1.82) is 0 Å². The van der Waals surface area contributed by atoms with E-state index in [-0.39, 0.29) is 24.1 Å². The Morgan fingerprint density at radius 3 is 2.28 bits per heavy atom. The van der Waals surface area contributed by atoms with E-state index in [9.17, 15) is 15.3 Å². The minimum absolute atomic E-state index is 0.0371. The van der Waals surface area contributed by atoms with Crippen molar-refractivity contribution in [3.05, 3.63) is 23.8 Å². The van der Waals surface area contributed by atoms with Gasteiger partial charge in [-0.1, -0.05) is 0 Å². The number of phenolic OH excluding ortho intramolecular Hbond substituents is 2. The summed E-state index contributed by atoms with van der Waals surface area (Å²) in [6, 6.07) is 4.66. The molecule has 0 aromatic heterocycles. The summed E-state index contributed by atoms with van der Waals surface area (Å²) in [6.07, 6.45) is 0.600. The number of rotatable bonds is 4. The van der Waals surface area contributed by atoms with Crippen molar-refractivity contribution in [3.63, 3.8) is 0 Å². The number of aliphatic hydroxyl groups excluding tert-OH is 1. The summed E-state index contributed by atoms with van der Waals surface area (Å²) in [5, 5.41) is 31.6. The molecule has 2 rings (SSSR count). The number of nitrogens with one attached hydrogen (secondary N) is 1. The van der Waals surface area contributed by atoms with E-state index in [0.29, 0.717) is 6.42 Å². The lowest BCUT2D eigenvalue weighted by Gasteiger charge is -2.35. The largest absolute Gasteiger partial charge is 0.508 e. The van der Waals surface area contributed by atoms with Crippen LogP contribution in [0.1, 0.15) is 18.0 Å². The first-order valence-corrected chi connectivity index (χ1v) is 6.29. The van der Waals surface area contributed by atoms with E-state index >= 15 is 0 Å². The molecule has 1 atom stereocenters. The molecule has 0 aliphatic carbocycles. The van der Waals surface area contributed by atoms with Gasteiger partial charge in [-0.05, 0) is 24.1 Å². The third-order valence-electron chi connectivity index (χ3n) is 3.30. The van der Waals surface area contributed by atoms with Crippen LogP contribution in [0.25, 0.3) is 0 Å². The predicted octanol–water partition coefficient (Wildman–Crippen LogP) is 0.426. The van der Waals surface area contributed by atoms with E-state index in [0.717, 1.165) is 31.7 Å². The molecule has 1 fully saturated rings. The molecule has 18 heavy (non-hydrogen) atoms. The van der Waals surface area contributed by atoms with Crippen LogP contribution in [-0.2, 0) is 0 Å². The van der Waals surface area contributed by atoms with Gasteiger partial charge in [-0.15, -0.1) is 0 Å². The maximum Gasteiger partial charge on any atom is 0.119 e. The Balaban J connectivity index is 2.22. The van der Waals surface area contributed by atoms with E-state index in [2.05, 4.69) is 10.2 Å². The van der Waals surface area contributed by atoms with Crippen LogP contribution in [-0.4, -0.2) is 53.0 Å². The van der Waals surface area contributed by atoms with Crippen LogP contribution < -0.4 is 5.32 Å². The second-order valence-corrected chi connectivity index (χ2v) is 4.60. The standard InChI is InChI=1S/C13H20N2O3/c16-6-1-13(15-4-2-14-3-5-15)10-7-11(17)9-12(18)8-10/h7-9,13-14,16-18H,1-6H2/t13-/m0/s1. The Hall–Kier alpha value is -1.30. The first-order valence-electron chi connectivity index (χ1n) is 6.29. The summed E-state index contributed by atoms with van der Waals surface area (Å²) in [7, 11) is 0. The van der Waals surface area contributed by atoms with E-state index in [1.807, 2.05) is 0 Å². The Kier molecular flexibility index (Phi) is 4.41. The zero-order valence-electron chi connectivity index (χ0n) is 10.3. The van der Waals surface area contributed by atoms with Crippen molar-refractivity contribution < 1.29 is 15.3 Å². The zero-order valence-corrected chi connectivity index (χ0v) is 10.3. The molecule has 1 heterocycles. The summed E-state index contributed by atoms with van der Waals surface area (Å²) < 4.78 is 0. The van der Waals surface area contributed by atoms with Gasteiger partial charge in [0, 0.05) is 44.9 Å². The van der Waals surface area contributed by atoms with Crippen LogP contribution in [0.4, 0.5) is 0 Å². The Morgan fingerprint density at radius 2 is 1.72 bits per heavy atom. The summed E-state index contributed by atoms with van der Waals surface area (Å²) in [4.78, 5) is 2.26. The van der Waals surface area contributed by atoms with Crippen LogP contribution >= 0.6 is 0 Å². The molecule has 1 aliphatic rings. The topological polar surface area (TPSA) is 76.0 Å². The van der Waals surface area contributed by atoms with Crippen LogP contribution in [0, 0.1) is 0 Å². The van der Waals surface area contributed by atoms with Crippen molar-refractivity contribution in [1.82, 2.24) is 10.2 Å². The van der Waals surface area contributed by atoms with Gasteiger partial charge in [-0.3, -0.25) is 4.90 Å². The van der Waals surface area contributed by atoms with E-state index < -0.39 is 0 Å². The number of phenols is 2. The fraction of sp³-hybridized carbons (Fsp3) is 0.538. The van der Waals surface area contributed by atoms with E-state index in [4.69, 9.17) is 0 Å². The summed E-state index contributed by atoms with van der Waals surface area (Å²) in [5.41, 5.74) is 0.850. The Bertz CT molecular complexity index is 372. The van der Waals surface area contributed by atoms with Gasteiger partial charge in [0.1, 0.15) is 11.5 Å². The molecule has 0 amide bonds. The van der Waals surface area contributed by atoms with Crippen LogP contribution in [0.15, 0.2) is 18.2 Å². The van der Waals surface area contributed by atoms with Crippen molar-refractivity contribution in [2.24, 2.45) is 0 Å². The van der Waals surface area contributed by atoms with Crippen LogP contribution in [0.2, 0.25) is 0 Å². The maximum atomic E-state index is 9.56. The highest BCUT2D eigenvalue weighted by Crippen LogP contribution is 2.30. The lowest BCUT2D eigenvalue weighted by atomic mass is 10.0. The fourth-order valence-electron chi connectivity index (χ4n) is 2.49. The first kappa shape index (κ1) is 13.1. The van der Waals surface area contributed by atoms with Gasteiger partial charge in [0.15, 0.2) is 0 Å². The molecule has 4 N–H and O–H groups in total. The van der Waals surface area contributed by atoms with Gasteiger partial charge >= 0.3 is 0 Å². The molecule has 0 unspecified atom stereocenters. The zero-order chi connectivity index (χ0) is 13.0. The third kappa shape index (κ3) is 3.13. The van der Waals surface area contributed by atoms with Gasteiger partial charge in [0.2, 0.25) is 0 Å². The molecular formula is C13H20N2O3. The highest BCUT2D eigenvalue weighted by Gasteiger charge is 2.22. The number of hydrogen-bond acceptors (Lipinski definition) is 5. The molecule has 1 saturated heterocycles. The minimum Gasteiger partial charge on any atom is -0.508 e. The van der Waals surface area contributed by atoms with Crippen molar-refractivity contribution >= 4 is 0 Å². The van der Waals surface area contributed by atoms with Crippen molar-refractivity contribution in [2.75, 3.05) is 32.8 Å². The number of hydrogen-bond donors (Lipinski definition) is 4. The van der Waals surface area contributed by atoms with Gasteiger partial charge in [0.25, 0.3) is 0 Å². The van der Waals surface area contributed by atoms with Gasteiger partial charge in [-0.2, -0.15) is 0 Å². The predicted molar refractivity (Wildman–Crippen MR) is 68.7 cm³/mol. The average molecular weight is 252 g/mol. The quantitative estimate of drug-likeness (QED) is 0.625. The molecule has 100 valence electrons. The normalized spacial score (nSPS) is 18.7. The molecule has 0 saturated carbocycles. The molecular weight excluding hydrogens is 232 g/mol. The lowest BCUT2D eigenvalue weighted by molar-refractivity contribution is 0.141. The fourth-order valence-corrected chi connectivity index (χ4v) is 2.49. The number of nitrogens with zero attached hydrogens (tertiary/aromatic N) is 1. The SMILES string of the molecule is OCC[C@@H](c1cc(O)cc(O)c1)N1CCNCC1. The molecule has 1 aromatic carbocycles. The summed E-state index contributed by atoms with van der Waals surface area (Å²) in [5.74, 6) is 0.117. The second kappa shape index (κ2) is 6.04. The van der Waals surface area contributed by atoms with Gasteiger partial charge in [0.05, 0.1) is 0 Å². The molecule has 0 spiro atoms. The van der Waals surface area contributed by atoms with E-state index in [1.54, 1.807) is 12.1 Å². The molecule has 1 aliphatic heterocycles. The summed E-state index contributed by atoms with van der Waals surface area (Å²) in [6.45, 7) is 3.74. The monoisotopic (exact) mass is 252 g/mol. The van der Waals surface area contributed by atoms with Gasteiger partial charge < -0.3 is 20.6 Å². The van der Waals surface area contributed by atoms with Crippen LogP contribution in [0.5, 0.6) is 11.5 Å². The highest BCUT2D eigenvalue weighted by atomic mass is 16.3. The third-order valence-corrected chi connectivity index (χ3v) is 3.30. The molecule has 5 nitrogen and oxygen atoms in total. The molecule has 0 radical (unpaired) electrons. The molecule has 0 bridgehead atoms. The van der Waals surface area contributed by atoms with Crippen molar-refractivity contribution in [3.8, 4) is 11.5 Å². The number of benzene rings is 1. The van der Waals surface area contributed by atoms with E-state index in [1.165, 1.54) is 6.07 Å². The number of piperazine rings is 1. The second-order valence-electron chi connectivity index (χ2n) is 4.60. The number of aliphatic hydroxyl groups is 1. The van der Waals surface area contributed by atoms with Crippen molar-refractivity contribution in [2.45, 2.75) is 12.5 Å². The minimum atomic E-state index is 0.0371. The lowest BCUT2D eigenvalue weighted by Crippen LogP contribution is -2.45. The maximum absolute atomic E-state index is 9.56. The molecule has 5 heteroatoms. The van der Waals surface area contributed by atoms with Gasteiger partial charge in [-0.25, -0.2) is 0 Å².